The largest absolute Gasteiger partial charge is 0.0683 e. The molecule has 0 fully saturated rings. The summed E-state index contributed by atoms with van der Waals surface area (Å²) < 4.78 is 0. The fourth-order valence-electron chi connectivity index (χ4n) is 0.385. The van der Waals surface area contributed by atoms with Gasteiger partial charge in [-0.15, -0.1) is 0 Å². The van der Waals surface area contributed by atoms with Gasteiger partial charge < -0.3 is 0 Å². The van der Waals surface area contributed by atoms with Gasteiger partial charge in [-0.1, -0.05) is 50.2 Å². The standard InChI is InChI=1S/C6H6.C2H6.Hg/c1-2-4-6-5-3-1;1-2;/h1-6H;1-2H3;. The Morgan fingerprint density at radius 1 is 0.556 bits per heavy atom. The van der Waals surface area contributed by atoms with Crippen LogP contribution in [-0.4, -0.2) is 0 Å². The Bertz CT molecular complexity index is 76.5. The van der Waals surface area contributed by atoms with E-state index >= 15 is 0 Å². The summed E-state index contributed by atoms with van der Waals surface area (Å²) in [6.07, 6.45) is 0. The van der Waals surface area contributed by atoms with Gasteiger partial charge in [0.15, 0.2) is 0 Å². The van der Waals surface area contributed by atoms with Crippen molar-refractivity contribution in [3.63, 3.8) is 0 Å². The van der Waals surface area contributed by atoms with Crippen LogP contribution in [0.4, 0.5) is 0 Å². The molecule has 0 aromatic heterocycles. The van der Waals surface area contributed by atoms with Crippen LogP contribution in [0.5, 0.6) is 0 Å². The molecular formula is C8H12Hg. The molecule has 0 heterocycles. The summed E-state index contributed by atoms with van der Waals surface area (Å²) >= 11 is 0. The minimum Gasteiger partial charge on any atom is -0.0683 e. The van der Waals surface area contributed by atoms with E-state index in [1.165, 1.54) is 0 Å². The topological polar surface area (TPSA) is 0 Å². The van der Waals surface area contributed by atoms with Crippen LogP contribution in [0, 0.1) is 0 Å². The van der Waals surface area contributed by atoms with E-state index in [1.54, 1.807) is 0 Å². The van der Waals surface area contributed by atoms with Crippen molar-refractivity contribution in [3.8, 4) is 0 Å². The predicted molar refractivity (Wildman–Crippen MR) is 37.8 cm³/mol. The Labute approximate surface area is 77.8 Å². The summed E-state index contributed by atoms with van der Waals surface area (Å²) in [5.41, 5.74) is 0. The van der Waals surface area contributed by atoms with E-state index in [0.717, 1.165) is 0 Å². The fourth-order valence-corrected chi connectivity index (χ4v) is 0.385. The van der Waals surface area contributed by atoms with E-state index in [2.05, 4.69) is 0 Å². The first kappa shape index (κ1) is 11.9. The van der Waals surface area contributed by atoms with Crippen molar-refractivity contribution in [2.24, 2.45) is 0 Å². The summed E-state index contributed by atoms with van der Waals surface area (Å²) in [5.74, 6) is 0. The number of rotatable bonds is 0. The van der Waals surface area contributed by atoms with E-state index < -0.39 is 0 Å². The summed E-state index contributed by atoms with van der Waals surface area (Å²) in [6, 6.07) is 12.0. The summed E-state index contributed by atoms with van der Waals surface area (Å²) in [7, 11) is 0. The molecule has 1 heteroatoms. The van der Waals surface area contributed by atoms with Gasteiger partial charge in [0.2, 0.25) is 0 Å². The van der Waals surface area contributed by atoms with Crippen LogP contribution in [0.15, 0.2) is 36.4 Å². The fraction of sp³-hybridized carbons (Fsp3) is 0.250. The third-order valence-corrected chi connectivity index (χ3v) is 0.667. The van der Waals surface area contributed by atoms with Crippen molar-refractivity contribution in [2.75, 3.05) is 0 Å². The molecule has 46 valence electrons. The van der Waals surface area contributed by atoms with Gasteiger partial charge in [-0.25, -0.2) is 0 Å². The van der Waals surface area contributed by atoms with Crippen molar-refractivity contribution in [2.45, 2.75) is 13.8 Å². The normalized spacial score (nSPS) is 6.00. The quantitative estimate of drug-likeness (QED) is 0.647. The van der Waals surface area contributed by atoms with Gasteiger partial charge in [-0.3, -0.25) is 0 Å². The number of hydrogen-bond acceptors (Lipinski definition) is 0. The first-order chi connectivity index (χ1) is 4.00. The monoisotopic (exact) mass is 310 g/mol. The van der Waals surface area contributed by atoms with Crippen LogP contribution in [0.25, 0.3) is 0 Å². The predicted octanol–water partition coefficient (Wildman–Crippen LogP) is 2.71. The molecular weight excluding hydrogens is 297 g/mol. The van der Waals surface area contributed by atoms with Gasteiger partial charge >= 0.3 is 0 Å². The summed E-state index contributed by atoms with van der Waals surface area (Å²) in [4.78, 5) is 0. The molecule has 0 bridgehead atoms. The first-order valence-corrected chi connectivity index (χ1v) is 3.00. The van der Waals surface area contributed by atoms with Crippen molar-refractivity contribution in [1.82, 2.24) is 0 Å². The van der Waals surface area contributed by atoms with Crippen molar-refractivity contribution in [3.05, 3.63) is 36.4 Å². The molecule has 0 spiro atoms. The zero-order chi connectivity index (χ0) is 6.24. The van der Waals surface area contributed by atoms with Crippen LogP contribution >= 0.6 is 0 Å². The second-order valence-corrected chi connectivity index (χ2v) is 1.15. The Balaban J connectivity index is 0. The van der Waals surface area contributed by atoms with E-state index in [0.29, 0.717) is 0 Å². The minimum absolute atomic E-state index is 0. The molecule has 1 aromatic rings. The van der Waals surface area contributed by atoms with E-state index in [9.17, 15) is 0 Å². The van der Waals surface area contributed by atoms with Gasteiger partial charge in [-0.2, -0.15) is 0 Å². The van der Waals surface area contributed by atoms with Crippen LogP contribution < -0.4 is 0 Å². The average molecular weight is 309 g/mol. The maximum atomic E-state index is 2.00. The molecule has 9 heavy (non-hydrogen) atoms. The van der Waals surface area contributed by atoms with Gasteiger partial charge in [0.25, 0.3) is 0 Å². The van der Waals surface area contributed by atoms with E-state index in [1.807, 2.05) is 50.2 Å². The Kier molecular flexibility index (Phi) is 14.6. The van der Waals surface area contributed by atoms with Crippen molar-refractivity contribution >= 4 is 0 Å². The molecule has 0 radical (unpaired) electrons. The van der Waals surface area contributed by atoms with Crippen molar-refractivity contribution < 1.29 is 27.7 Å². The molecule has 0 saturated heterocycles. The third kappa shape index (κ3) is 8.16. The molecule has 0 unspecified atom stereocenters. The Hall–Kier alpha value is 0.155. The van der Waals surface area contributed by atoms with Crippen LogP contribution in [0.3, 0.4) is 0 Å². The molecule has 1 rings (SSSR count). The zero-order valence-corrected chi connectivity index (χ0v) is 11.7. The van der Waals surface area contributed by atoms with Gasteiger partial charge in [0, 0.05) is 27.7 Å². The zero-order valence-electron chi connectivity index (χ0n) is 6.17. The molecule has 0 amide bonds. The van der Waals surface area contributed by atoms with Crippen LogP contribution in [0.2, 0.25) is 0 Å². The second-order valence-electron chi connectivity index (χ2n) is 1.15. The molecule has 0 aliphatic rings. The van der Waals surface area contributed by atoms with Crippen LogP contribution in [-0.2, 0) is 27.7 Å². The molecule has 0 aliphatic heterocycles. The maximum Gasteiger partial charge on any atom is 0 e. The Morgan fingerprint density at radius 3 is 0.778 bits per heavy atom. The first-order valence-electron chi connectivity index (χ1n) is 3.00. The number of hydrogen-bond donors (Lipinski definition) is 0. The Morgan fingerprint density at radius 2 is 0.667 bits per heavy atom. The van der Waals surface area contributed by atoms with Gasteiger partial charge in [0.1, 0.15) is 0 Å². The SMILES string of the molecule is CC.[Hg].c1ccccc1. The average Bonchev–Trinajstić information content (AvgIpc) is 1.96. The molecule has 0 aliphatic carbocycles. The van der Waals surface area contributed by atoms with E-state index in [-0.39, 0.29) is 27.7 Å². The van der Waals surface area contributed by atoms with Gasteiger partial charge in [-0.05, 0) is 0 Å². The van der Waals surface area contributed by atoms with Crippen LogP contribution in [0.1, 0.15) is 13.8 Å². The van der Waals surface area contributed by atoms with E-state index in [4.69, 9.17) is 0 Å². The summed E-state index contributed by atoms with van der Waals surface area (Å²) in [5, 5.41) is 0. The molecule has 0 atom stereocenters. The maximum absolute atomic E-state index is 2.00. The number of benzene rings is 1. The van der Waals surface area contributed by atoms with Crippen molar-refractivity contribution in [1.29, 1.82) is 0 Å². The molecule has 0 nitrogen and oxygen atoms in total. The molecule has 0 saturated carbocycles. The molecule has 1 aromatic carbocycles. The molecule has 0 N–H and O–H groups in total. The smallest absolute Gasteiger partial charge is 0 e. The second kappa shape index (κ2) is 11.0. The third-order valence-electron chi connectivity index (χ3n) is 0.667. The summed E-state index contributed by atoms with van der Waals surface area (Å²) in [6.45, 7) is 4.00. The van der Waals surface area contributed by atoms with Gasteiger partial charge in [0.05, 0.1) is 0 Å². The minimum atomic E-state index is 0.